The van der Waals surface area contributed by atoms with Crippen LogP contribution in [0.2, 0.25) is 0 Å². The van der Waals surface area contributed by atoms with Gasteiger partial charge in [-0.3, -0.25) is 4.98 Å². The minimum Gasteiger partial charge on any atom is -0.495 e. The van der Waals surface area contributed by atoms with Gasteiger partial charge in [-0.15, -0.1) is 5.10 Å². The van der Waals surface area contributed by atoms with Crippen LogP contribution in [0.25, 0.3) is 0 Å². The molecule has 0 aromatic carbocycles. The normalized spacial score (nSPS) is 12.4. The van der Waals surface area contributed by atoms with Crippen LogP contribution < -0.4 is 10.1 Å². The number of ether oxygens (including phenoxy) is 1. The van der Waals surface area contributed by atoms with Crippen molar-refractivity contribution in [2.45, 2.75) is 6.04 Å². The first-order chi connectivity index (χ1) is 7.86. The fraction of sp³-hybridized carbons (Fsp3) is 0.300. The Labute approximate surface area is 97.7 Å². The monoisotopic (exact) mass is 236 g/mol. The van der Waals surface area contributed by atoms with Gasteiger partial charge in [0.2, 0.25) is 0 Å². The zero-order valence-corrected chi connectivity index (χ0v) is 9.86. The molecule has 16 heavy (non-hydrogen) atoms. The molecule has 0 amide bonds. The summed E-state index contributed by atoms with van der Waals surface area (Å²) in [7, 11) is 3.49. The summed E-state index contributed by atoms with van der Waals surface area (Å²) < 4.78 is 9.13. The highest BCUT2D eigenvalue weighted by molar-refractivity contribution is 7.03. The maximum absolute atomic E-state index is 5.28. The number of pyridine rings is 1. The van der Waals surface area contributed by atoms with E-state index in [4.69, 9.17) is 4.74 Å². The molecule has 0 saturated heterocycles. The van der Waals surface area contributed by atoms with Crippen molar-refractivity contribution < 1.29 is 4.74 Å². The van der Waals surface area contributed by atoms with Crippen LogP contribution in [0.3, 0.4) is 0 Å². The number of nitrogens with zero attached hydrogens (tertiary/aromatic N) is 3. The van der Waals surface area contributed by atoms with E-state index in [1.807, 2.05) is 24.6 Å². The smallest absolute Gasteiger partial charge is 0.142 e. The fourth-order valence-corrected chi connectivity index (χ4v) is 1.99. The topological polar surface area (TPSA) is 59.9 Å². The average Bonchev–Trinajstić information content (AvgIpc) is 2.84. The summed E-state index contributed by atoms with van der Waals surface area (Å²) in [4.78, 5) is 4.33. The van der Waals surface area contributed by atoms with Gasteiger partial charge in [0.25, 0.3) is 0 Å². The molecule has 0 fully saturated rings. The van der Waals surface area contributed by atoms with E-state index >= 15 is 0 Å². The van der Waals surface area contributed by atoms with E-state index in [1.165, 1.54) is 11.5 Å². The molecule has 6 heteroatoms. The van der Waals surface area contributed by atoms with Gasteiger partial charge in [0.15, 0.2) is 0 Å². The fourth-order valence-electron chi connectivity index (χ4n) is 1.51. The summed E-state index contributed by atoms with van der Waals surface area (Å²) in [6.45, 7) is 0. The Kier molecular flexibility index (Phi) is 3.43. The molecule has 0 aliphatic rings. The SMILES string of the molecule is CNC(c1csnn1)c1ncccc1OC. The summed E-state index contributed by atoms with van der Waals surface area (Å²) in [5, 5.41) is 9.10. The Morgan fingerprint density at radius 1 is 1.50 bits per heavy atom. The second-order valence-corrected chi connectivity index (χ2v) is 3.75. The molecule has 0 bridgehead atoms. The minimum atomic E-state index is -0.0881. The third kappa shape index (κ3) is 2.02. The Hall–Kier alpha value is -1.53. The van der Waals surface area contributed by atoms with Crippen LogP contribution in [0.1, 0.15) is 17.4 Å². The zero-order chi connectivity index (χ0) is 11.4. The molecule has 0 aliphatic heterocycles. The number of hydrogen-bond donors (Lipinski definition) is 1. The van der Waals surface area contributed by atoms with Crippen molar-refractivity contribution in [3.63, 3.8) is 0 Å². The molecule has 0 spiro atoms. The molecule has 2 rings (SSSR count). The number of methoxy groups -OCH3 is 1. The molecule has 0 radical (unpaired) electrons. The van der Waals surface area contributed by atoms with Crippen molar-refractivity contribution in [1.29, 1.82) is 0 Å². The molecule has 2 heterocycles. The second kappa shape index (κ2) is 5.00. The van der Waals surface area contributed by atoms with Crippen molar-refractivity contribution in [2.75, 3.05) is 14.2 Å². The lowest BCUT2D eigenvalue weighted by Gasteiger charge is -2.15. The predicted octanol–water partition coefficient (Wildman–Crippen LogP) is 1.25. The Balaban J connectivity index is 2.41. The predicted molar refractivity (Wildman–Crippen MR) is 61.6 cm³/mol. The van der Waals surface area contributed by atoms with Gasteiger partial charge < -0.3 is 10.1 Å². The second-order valence-electron chi connectivity index (χ2n) is 3.14. The van der Waals surface area contributed by atoms with Crippen molar-refractivity contribution in [1.82, 2.24) is 19.9 Å². The van der Waals surface area contributed by atoms with E-state index in [0.29, 0.717) is 0 Å². The highest BCUT2D eigenvalue weighted by Crippen LogP contribution is 2.26. The van der Waals surface area contributed by atoms with Crippen LogP contribution in [0.4, 0.5) is 0 Å². The van der Waals surface area contributed by atoms with Crippen LogP contribution in [0, 0.1) is 0 Å². The van der Waals surface area contributed by atoms with Crippen molar-refractivity contribution in [2.24, 2.45) is 0 Å². The lowest BCUT2D eigenvalue weighted by Crippen LogP contribution is -2.20. The molecular weight excluding hydrogens is 224 g/mol. The highest BCUT2D eigenvalue weighted by atomic mass is 32.1. The van der Waals surface area contributed by atoms with Gasteiger partial charge >= 0.3 is 0 Å². The lowest BCUT2D eigenvalue weighted by molar-refractivity contribution is 0.401. The lowest BCUT2D eigenvalue weighted by atomic mass is 10.1. The molecule has 84 valence electrons. The Morgan fingerprint density at radius 2 is 2.38 bits per heavy atom. The van der Waals surface area contributed by atoms with Crippen LogP contribution in [-0.2, 0) is 0 Å². The van der Waals surface area contributed by atoms with Gasteiger partial charge in [0, 0.05) is 11.6 Å². The molecule has 1 N–H and O–H groups in total. The number of hydrogen-bond acceptors (Lipinski definition) is 6. The molecule has 2 aromatic heterocycles. The maximum Gasteiger partial charge on any atom is 0.142 e. The van der Waals surface area contributed by atoms with E-state index in [0.717, 1.165) is 17.1 Å². The first kappa shape index (κ1) is 11.0. The third-order valence-corrected chi connectivity index (χ3v) is 2.78. The molecule has 1 atom stereocenters. The van der Waals surface area contributed by atoms with Crippen LogP contribution in [0.5, 0.6) is 5.75 Å². The molecule has 1 unspecified atom stereocenters. The number of rotatable bonds is 4. The molecule has 2 aromatic rings. The number of nitrogens with one attached hydrogen (secondary N) is 1. The van der Waals surface area contributed by atoms with E-state index < -0.39 is 0 Å². The van der Waals surface area contributed by atoms with Gasteiger partial charge in [-0.05, 0) is 30.7 Å². The van der Waals surface area contributed by atoms with E-state index in [9.17, 15) is 0 Å². The van der Waals surface area contributed by atoms with Crippen LogP contribution in [0.15, 0.2) is 23.7 Å². The molecule has 5 nitrogen and oxygen atoms in total. The summed E-state index contributed by atoms with van der Waals surface area (Å²) in [6.07, 6.45) is 1.74. The van der Waals surface area contributed by atoms with Crippen molar-refractivity contribution in [3.8, 4) is 5.75 Å². The maximum atomic E-state index is 5.28. The standard InChI is InChI=1S/C10H12N4OS/c1-11-9(7-6-16-14-13-7)10-8(15-2)4-3-5-12-10/h3-6,9,11H,1-2H3. The van der Waals surface area contributed by atoms with Gasteiger partial charge in [-0.1, -0.05) is 4.49 Å². The van der Waals surface area contributed by atoms with Gasteiger partial charge in [-0.2, -0.15) is 0 Å². The zero-order valence-electron chi connectivity index (χ0n) is 9.04. The highest BCUT2D eigenvalue weighted by Gasteiger charge is 2.19. The van der Waals surface area contributed by atoms with Crippen molar-refractivity contribution >= 4 is 11.5 Å². The van der Waals surface area contributed by atoms with Gasteiger partial charge in [0.05, 0.1) is 18.8 Å². The average molecular weight is 236 g/mol. The summed E-state index contributed by atoms with van der Waals surface area (Å²) in [6, 6.07) is 3.63. The Bertz CT molecular complexity index is 446. The largest absolute Gasteiger partial charge is 0.495 e. The van der Waals surface area contributed by atoms with Crippen molar-refractivity contribution in [3.05, 3.63) is 35.1 Å². The van der Waals surface area contributed by atoms with E-state index in [-0.39, 0.29) is 6.04 Å². The third-order valence-electron chi connectivity index (χ3n) is 2.25. The number of aromatic nitrogens is 3. The van der Waals surface area contributed by atoms with Gasteiger partial charge in [0.1, 0.15) is 11.4 Å². The van der Waals surface area contributed by atoms with Crippen LogP contribution >= 0.6 is 11.5 Å². The first-order valence-electron chi connectivity index (χ1n) is 4.80. The van der Waals surface area contributed by atoms with E-state index in [2.05, 4.69) is 19.9 Å². The minimum absolute atomic E-state index is 0.0881. The summed E-state index contributed by atoms with van der Waals surface area (Å²) in [5.74, 6) is 0.745. The molecule has 0 aliphatic carbocycles. The van der Waals surface area contributed by atoms with Gasteiger partial charge in [-0.25, -0.2) is 0 Å². The summed E-state index contributed by atoms with van der Waals surface area (Å²) >= 11 is 1.32. The molecular formula is C10H12N4OS. The first-order valence-corrected chi connectivity index (χ1v) is 5.63. The summed E-state index contributed by atoms with van der Waals surface area (Å²) in [5.41, 5.74) is 1.67. The Morgan fingerprint density at radius 3 is 3.00 bits per heavy atom. The van der Waals surface area contributed by atoms with E-state index in [1.54, 1.807) is 13.3 Å². The molecule has 0 saturated carbocycles. The quantitative estimate of drug-likeness (QED) is 0.865. The van der Waals surface area contributed by atoms with Crippen LogP contribution in [-0.4, -0.2) is 28.7 Å².